The van der Waals surface area contributed by atoms with Crippen LogP contribution in [0, 0.1) is 17.9 Å². The summed E-state index contributed by atoms with van der Waals surface area (Å²) in [5.41, 5.74) is 0. The molecule has 13 heavy (non-hydrogen) atoms. The second-order valence-electron chi connectivity index (χ2n) is 3.30. The maximum absolute atomic E-state index is 9.74. The van der Waals surface area contributed by atoms with Crippen molar-refractivity contribution in [1.29, 1.82) is 0 Å². The van der Waals surface area contributed by atoms with E-state index in [-0.39, 0.29) is 0 Å². The molecule has 74 valence electrons. The number of hydrogen-bond acceptors (Lipinski definition) is 2. The number of rotatable bonds is 6. The molecule has 0 aliphatic rings. The van der Waals surface area contributed by atoms with Crippen molar-refractivity contribution >= 4 is 6.47 Å². The van der Waals surface area contributed by atoms with Gasteiger partial charge in [-0.15, -0.1) is 0 Å². The number of hydrogen-bond donors (Lipinski definition) is 0. The van der Waals surface area contributed by atoms with Gasteiger partial charge in [0.25, 0.3) is 0 Å². The average Bonchev–Trinajstić information content (AvgIpc) is 2.13. The lowest BCUT2D eigenvalue weighted by Crippen LogP contribution is -1.92. The Labute approximate surface area is 80.7 Å². The van der Waals surface area contributed by atoms with Gasteiger partial charge in [-0.3, -0.25) is 4.79 Å². The summed E-state index contributed by atoms with van der Waals surface area (Å²) in [6, 6.07) is 0. The quantitative estimate of drug-likeness (QED) is 0.358. The van der Waals surface area contributed by atoms with Gasteiger partial charge in [-0.05, 0) is 12.3 Å². The van der Waals surface area contributed by atoms with Gasteiger partial charge in [0.15, 0.2) is 0 Å². The van der Waals surface area contributed by atoms with E-state index in [4.69, 9.17) is 0 Å². The summed E-state index contributed by atoms with van der Waals surface area (Å²) in [4.78, 5) is 9.74. The highest BCUT2D eigenvalue weighted by Gasteiger charge is 1.98. The molecule has 0 spiro atoms. The number of unbranched alkanes of at least 4 members (excludes halogenated alkanes) is 2. The van der Waals surface area contributed by atoms with E-state index in [1.807, 2.05) is 0 Å². The van der Waals surface area contributed by atoms with Gasteiger partial charge in [0.1, 0.15) is 6.11 Å². The second-order valence-corrected chi connectivity index (χ2v) is 3.30. The molecule has 0 radical (unpaired) electrons. The van der Waals surface area contributed by atoms with Gasteiger partial charge in [0.05, 0.1) is 0 Å². The molecule has 0 heterocycles. The fourth-order valence-corrected chi connectivity index (χ4v) is 1.13. The minimum absolute atomic E-state index is 0.356. The summed E-state index contributed by atoms with van der Waals surface area (Å²) < 4.78 is 4.27. The van der Waals surface area contributed by atoms with E-state index >= 15 is 0 Å². The molecule has 0 aromatic carbocycles. The highest BCUT2D eigenvalue weighted by molar-refractivity contribution is 5.39. The van der Waals surface area contributed by atoms with Crippen LogP contribution in [0.2, 0.25) is 0 Å². The van der Waals surface area contributed by atoms with E-state index < -0.39 is 0 Å². The maximum Gasteiger partial charge on any atom is 0.307 e. The standard InChI is InChI=1S/C11H18O2/c1-3-4-5-7-11(2)8-6-9-13-10-12/h10-11H,3-5,7-8H2,1-2H3. The zero-order valence-electron chi connectivity index (χ0n) is 8.51. The third-order valence-electron chi connectivity index (χ3n) is 1.93. The summed E-state index contributed by atoms with van der Waals surface area (Å²) in [7, 11) is 0. The Morgan fingerprint density at radius 2 is 2.23 bits per heavy atom. The van der Waals surface area contributed by atoms with Gasteiger partial charge >= 0.3 is 6.47 Å². The second kappa shape index (κ2) is 9.12. The molecule has 2 nitrogen and oxygen atoms in total. The van der Waals surface area contributed by atoms with Crippen LogP contribution < -0.4 is 0 Å². The van der Waals surface area contributed by atoms with Crippen LogP contribution in [-0.2, 0) is 9.53 Å². The summed E-state index contributed by atoms with van der Waals surface area (Å²) in [6.07, 6.45) is 8.19. The van der Waals surface area contributed by atoms with Crippen molar-refractivity contribution < 1.29 is 9.53 Å². The molecule has 0 amide bonds. The first kappa shape index (κ1) is 12.0. The Hall–Kier alpha value is -0.970. The fourth-order valence-electron chi connectivity index (χ4n) is 1.13. The van der Waals surface area contributed by atoms with Crippen LogP contribution in [0.25, 0.3) is 0 Å². The molecule has 1 unspecified atom stereocenters. The minimum Gasteiger partial charge on any atom is -0.375 e. The molecule has 1 atom stereocenters. The van der Waals surface area contributed by atoms with Gasteiger partial charge < -0.3 is 4.74 Å². The predicted molar refractivity (Wildman–Crippen MR) is 52.8 cm³/mol. The van der Waals surface area contributed by atoms with Crippen LogP contribution in [0.15, 0.2) is 0 Å². The van der Waals surface area contributed by atoms with Crippen LogP contribution in [-0.4, -0.2) is 6.47 Å². The summed E-state index contributed by atoms with van der Waals surface area (Å²) in [5.74, 6) is 3.42. The largest absolute Gasteiger partial charge is 0.375 e. The third kappa shape index (κ3) is 8.94. The molecule has 0 N–H and O–H groups in total. The molecule has 0 aliphatic carbocycles. The first-order valence-corrected chi connectivity index (χ1v) is 4.88. The van der Waals surface area contributed by atoms with Crippen molar-refractivity contribution in [3.05, 3.63) is 0 Å². The van der Waals surface area contributed by atoms with Crippen LogP contribution >= 0.6 is 0 Å². The SMILES string of the molecule is CCCCCC(C)CC#COC=O. The Balaban J connectivity index is 3.35. The molecule has 2 heteroatoms. The van der Waals surface area contributed by atoms with Crippen molar-refractivity contribution in [3.8, 4) is 12.0 Å². The smallest absolute Gasteiger partial charge is 0.307 e. The first-order valence-electron chi connectivity index (χ1n) is 4.88. The van der Waals surface area contributed by atoms with Crippen LogP contribution in [0.1, 0.15) is 46.0 Å². The number of carbonyl (C=O) groups excluding carboxylic acids is 1. The summed E-state index contributed by atoms with van der Waals surface area (Å²) >= 11 is 0. The lowest BCUT2D eigenvalue weighted by Gasteiger charge is -2.05. The first-order chi connectivity index (χ1) is 6.31. The zero-order valence-corrected chi connectivity index (χ0v) is 8.51. The van der Waals surface area contributed by atoms with Gasteiger partial charge in [0, 0.05) is 6.42 Å². The molecular formula is C11H18O2. The lowest BCUT2D eigenvalue weighted by atomic mass is 10.0. The van der Waals surface area contributed by atoms with E-state index in [2.05, 4.69) is 30.6 Å². The van der Waals surface area contributed by atoms with Crippen molar-refractivity contribution in [1.82, 2.24) is 0 Å². The monoisotopic (exact) mass is 182 g/mol. The Kier molecular flexibility index (Phi) is 8.44. The van der Waals surface area contributed by atoms with Gasteiger partial charge in [-0.2, -0.15) is 0 Å². The van der Waals surface area contributed by atoms with E-state index in [0.717, 1.165) is 6.42 Å². The summed E-state index contributed by atoms with van der Waals surface area (Å²) in [6.45, 7) is 4.72. The fraction of sp³-hybridized carbons (Fsp3) is 0.727. The summed E-state index contributed by atoms with van der Waals surface area (Å²) in [5, 5.41) is 0. The number of ether oxygens (including phenoxy) is 1. The van der Waals surface area contributed by atoms with E-state index in [0.29, 0.717) is 12.4 Å². The van der Waals surface area contributed by atoms with Crippen LogP contribution in [0.3, 0.4) is 0 Å². The van der Waals surface area contributed by atoms with Gasteiger partial charge in [-0.1, -0.05) is 39.0 Å². The van der Waals surface area contributed by atoms with Crippen molar-refractivity contribution in [2.75, 3.05) is 0 Å². The molecule has 0 saturated carbocycles. The Morgan fingerprint density at radius 1 is 1.46 bits per heavy atom. The van der Waals surface area contributed by atoms with Crippen molar-refractivity contribution in [2.24, 2.45) is 5.92 Å². The van der Waals surface area contributed by atoms with Crippen LogP contribution in [0.5, 0.6) is 0 Å². The van der Waals surface area contributed by atoms with Crippen molar-refractivity contribution in [3.63, 3.8) is 0 Å². The topological polar surface area (TPSA) is 26.3 Å². The number of carbonyl (C=O) groups is 1. The molecule has 0 aliphatic heterocycles. The Bertz CT molecular complexity index is 176. The molecule has 0 rings (SSSR count). The van der Waals surface area contributed by atoms with E-state index in [9.17, 15) is 4.79 Å². The normalized spacial score (nSPS) is 11.2. The molecule has 0 fully saturated rings. The average molecular weight is 182 g/mol. The molecule has 0 aromatic heterocycles. The lowest BCUT2D eigenvalue weighted by molar-refractivity contribution is -0.122. The third-order valence-corrected chi connectivity index (χ3v) is 1.93. The Morgan fingerprint density at radius 3 is 2.85 bits per heavy atom. The highest BCUT2D eigenvalue weighted by atomic mass is 16.5. The van der Waals surface area contributed by atoms with E-state index in [1.54, 1.807) is 0 Å². The molecular weight excluding hydrogens is 164 g/mol. The predicted octanol–water partition coefficient (Wildman–Crippen LogP) is 2.73. The highest BCUT2D eigenvalue weighted by Crippen LogP contribution is 2.11. The zero-order chi connectivity index (χ0) is 9.94. The van der Waals surface area contributed by atoms with Gasteiger partial charge in [0.2, 0.25) is 0 Å². The van der Waals surface area contributed by atoms with E-state index in [1.165, 1.54) is 25.7 Å². The minimum atomic E-state index is 0.356. The van der Waals surface area contributed by atoms with Gasteiger partial charge in [-0.25, -0.2) is 0 Å². The molecule has 0 saturated heterocycles. The van der Waals surface area contributed by atoms with Crippen molar-refractivity contribution in [2.45, 2.75) is 46.0 Å². The maximum atomic E-state index is 9.74. The molecule has 0 bridgehead atoms. The van der Waals surface area contributed by atoms with Crippen LogP contribution in [0.4, 0.5) is 0 Å². The molecule has 0 aromatic rings.